The van der Waals surface area contributed by atoms with Gasteiger partial charge in [-0.3, -0.25) is 4.57 Å². The quantitative estimate of drug-likeness (QED) is 0.734. The summed E-state index contributed by atoms with van der Waals surface area (Å²) in [6, 6.07) is 9.69. The van der Waals surface area contributed by atoms with Gasteiger partial charge in [-0.25, -0.2) is 0 Å². The fraction of sp³-hybridized carbons (Fsp3) is 0.167. The second-order valence-corrected chi connectivity index (χ2v) is 4.31. The Hall–Kier alpha value is -2.21. The second kappa shape index (κ2) is 4.81. The maximum atomic E-state index is 6.05. The maximum absolute atomic E-state index is 6.05. The van der Waals surface area contributed by atoms with Crippen molar-refractivity contribution in [3.63, 3.8) is 0 Å². The number of nitrogens with zero attached hydrogens (tertiary/aromatic N) is 5. The fourth-order valence-electron chi connectivity index (χ4n) is 1.77. The van der Waals surface area contributed by atoms with Crippen molar-refractivity contribution in [1.82, 2.24) is 24.9 Å². The van der Waals surface area contributed by atoms with Crippen LogP contribution in [0.2, 0.25) is 5.28 Å². The van der Waals surface area contributed by atoms with Gasteiger partial charge in [0.15, 0.2) is 11.6 Å². The number of aromatic nitrogens is 5. The molecule has 0 fully saturated rings. The fourth-order valence-corrected chi connectivity index (χ4v) is 1.95. The van der Waals surface area contributed by atoms with E-state index in [2.05, 4.69) is 20.3 Å². The first-order valence-electron chi connectivity index (χ1n) is 5.67. The van der Waals surface area contributed by atoms with Gasteiger partial charge in [0.2, 0.25) is 11.2 Å². The van der Waals surface area contributed by atoms with E-state index in [4.69, 9.17) is 16.1 Å². The van der Waals surface area contributed by atoms with Crippen LogP contribution in [0.1, 0.15) is 11.7 Å². The molecule has 0 amide bonds. The summed E-state index contributed by atoms with van der Waals surface area (Å²) in [6.45, 7) is 2.11. The summed E-state index contributed by atoms with van der Waals surface area (Å²) < 4.78 is 6.68. The van der Waals surface area contributed by atoms with Gasteiger partial charge in [0.05, 0.1) is 6.54 Å². The zero-order valence-corrected chi connectivity index (χ0v) is 10.9. The summed E-state index contributed by atoms with van der Waals surface area (Å²) in [4.78, 5) is 4.15. The minimum atomic E-state index is 0.293. The van der Waals surface area contributed by atoms with Crippen molar-refractivity contribution in [3.8, 4) is 11.4 Å². The Kier molecular flexibility index (Phi) is 3.00. The van der Waals surface area contributed by atoms with Crippen LogP contribution in [0.5, 0.6) is 0 Å². The normalized spacial score (nSPS) is 10.8. The molecule has 0 radical (unpaired) electrons. The third-order valence-corrected chi connectivity index (χ3v) is 2.89. The van der Waals surface area contributed by atoms with Gasteiger partial charge in [-0.1, -0.05) is 35.5 Å². The minimum absolute atomic E-state index is 0.293. The molecule has 6 nitrogen and oxygen atoms in total. The third kappa shape index (κ3) is 2.34. The molecule has 0 aliphatic heterocycles. The molecule has 1 aromatic carbocycles. The van der Waals surface area contributed by atoms with Crippen molar-refractivity contribution < 1.29 is 4.52 Å². The van der Waals surface area contributed by atoms with E-state index in [9.17, 15) is 0 Å². The lowest BCUT2D eigenvalue weighted by Crippen LogP contribution is -2.04. The molecule has 2 aromatic heterocycles. The SMILES string of the molecule is Cc1nc(Cn2c(Cl)nnc2-c2ccccc2)no1. The molecule has 0 aliphatic carbocycles. The molecule has 7 heteroatoms. The highest BCUT2D eigenvalue weighted by molar-refractivity contribution is 6.28. The molecule has 19 heavy (non-hydrogen) atoms. The summed E-state index contributed by atoms with van der Waals surface area (Å²) >= 11 is 6.05. The highest BCUT2D eigenvalue weighted by Gasteiger charge is 2.14. The molecule has 0 unspecified atom stereocenters. The van der Waals surface area contributed by atoms with E-state index >= 15 is 0 Å². The Morgan fingerprint density at radius 1 is 1.21 bits per heavy atom. The minimum Gasteiger partial charge on any atom is -0.340 e. The number of halogens is 1. The Balaban J connectivity index is 1.99. The van der Waals surface area contributed by atoms with Gasteiger partial charge < -0.3 is 4.52 Å². The van der Waals surface area contributed by atoms with Crippen LogP contribution in [0, 0.1) is 6.92 Å². The molecule has 96 valence electrons. The molecule has 0 aliphatic rings. The lowest BCUT2D eigenvalue weighted by atomic mass is 10.2. The highest BCUT2D eigenvalue weighted by Crippen LogP contribution is 2.21. The van der Waals surface area contributed by atoms with Crippen LogP contribution >= 0.6 is 11.6 Å². The molecular formula is C12H10ClN5O. The van der Waals surface area contributed by atoms with Crippen LogP contribution in [0.15, 0.2) is 34.9 Å². The molecule has 0 spiro atoms. The number of rotatable bonds is 3. The van der Waals surface area contributed by atoms with Gasteiger partial charge >= 0.3 is 0 Å². The summed E-state index contributed by atoms with van der Waals surface area (Å²) in [5.74, 6) is 1.73. The first-order chi connectivity index (χ1) is 9.24. The molecule has 3 aromatic rings. The van der Waals surface area contributed by atoms with E-state index in [-0.39, 0.29) is 0 Å². The molecule has 0 saturated heterocycles. The molecule has 3 rings (SSSR count). The van der Waals surface area contributed by atoms with Gasteiger partial charge in [-0.05, 0) is 11.6 Å². The van der Waals surface area contributed by atoms with Crippen molar-refractivity contribution in [2.75, 3.05) is 0 Å². The van der Waals surface area contributed by atoms with Gasteiger partial charge in [0.1, 0.15) is 0 Å². The highest BCUT2D eigenvalue weighted by atomic mass is 35.5. The summed E-state index contributed by atoms with van der Waals surface area (Å²) in [7, 11) is 0. The molecule has 0 bridgehead atoms. The average molecular weight is 276 g/mol. The number of hydrogen-bond donors (Lipinski definition) is 0. The smallest absolute Gasteiger partial charge is 0.225 e. The standard InChI is InChI=1S/C12H10ClN5O/c1-8-14-10(17-19-8)7-18-11(15-16-12(18)13)9-5-3-2-4-6-9/h2-6H,7H2,1H3. The maximum Gasteiger partial charge on any atom is 0.225 e. The van der Waals surface area contributed by atoms with Gasteiger partial charge in [-0.2, -0.15) is 4.98 Å². The van der Waals surface area contributed by atoms with E-state index in [0.717, 1.165) is 5.56 Å². The first-order valence-corrected chi connectivity index (χ1v) is 6.05. The van der Waals surface area contributed by atoms with Gasteiger partial charge in [-0.15, -0.1) is 10.2 Å². The molecule has 0 N–H and O–H groups in total. The zero-order chi connectivity index (χ0) is 13.2. The predicted octanol–water partition coefficient (Wildman–Crippen LogP) is 2.34. The van der Waals surface area contributed by atoms with Crippen molar-refractivity contribution in [1.29, 1.82) is 0 Å². The molecule has 2 heterocycles. The number of benzene rings is 1. The first kappa shape index (κ1) is 11.9. The van der Waals surface area contributed by atoms with Crippen LogP contribution in [-0.4, -0.2) is 24.9 Å². The summed E-state index contributed by atoms with van der Waals surface area (Å²) in [5.41, 5.74) is 0.933. The monoisotopic (exact) mass is 275 g/mol. The van der Waals surface area contributed by atoms with E-state index in [1.807, 2.05) is 30.3 Å². The lowest BCUT2D eigenvalue weighted by Gasteiger charge is -2.04. The van der Waals surface area contributed by atoms with Crippen molar-refractivity contribution >= 4 is 11.6 Å². The van der Waals surface area contributed by atoms with E-state index in [1.165, 1.54) is 0 Å². The van der Waals surface area contributed by atoms with E-state index in [0.29, 0.717) is 29.4 Å². The molecule has 0 atom stereocenters. The molecular weight excluding hydrogens is 266 g/mol. The van der Waals surface area contributed by atoms with Crippen LogP contribution in [0.25, 0.3) is 11.4 Å². The van der Waals surface area contributed by atoms with E-state index < -0.39 is 0 Å². The van der Waals surface area contributed by atoms with Crippen LogP contribution in [0.3, 0.4) is 0 Å². The number of hydrogen-bond acceptors (Lipinski definition) is 5. The summed E-state index contributed by atoms with van der Waals surface area (Å²) in [6.07, 6.45) is 0. The Morgan fingerprint density at radius 2 is 2.00 bits per heavy atom. The van der Waals surface area contributed by atoms with Crippen LogP contribution in [-0.2, 0) is 6.54 Å². The molecule has 0 saturated carbocycles. The Labute approximate surface area is 114 Å². The average Bonchev–Trinajstić information content (AvgIpc) is 2.99. The summed E-state index contributed by atoms with van der Waals surface area (Å²) in [5, 5.41) is 12.1. The predicted molar refractivity (Wildman–Crippen MR) is 68.6 cm³/mol. The Morgan fingerprint density at radius 3 is 2.68 bits per heavy atom. The van der Waals surface area contributed by atoms with Crippen molar-refractivity contribution in [2.45, 2.75) is 13.5 Å². The zero-order valence-electron chi connectivity index (χ0n) is 10.1. The third-order valence-electron chi connectivity index (χ3n) is 2.61. The second-order valence-electron chi connectivity index (χ2n) is 3.97. The van der Waals surface area contributed by atoms with Crippen molar-refractivity contribution in [2.24, 2.45) is 0 Å². The van der Waals surface area contributed by atoms with E-state index in [1.54, 1.807) is 11.5 Å². The van der Waals surface area contributed by atoms with Crippen LogP contribution in [0.4, 0.5) is 0 Å². The van der Waals surface area contributed by atoms with Gasteiger partial charge in [0.25, 0.3) is 0 Å². The van der Waals surface area contributed by atoms with Crippen molar-refractivity contribution in [3.05, 3.63) is 47.3 Å². The Bertz CT molecular complexity index is 691. The largest absolute Gasteiger partial charge is 0.340 e. The lowest BCUT2D eigenvalue weighted by molar-refractivity contribution is 0.386. The topological polar surface area (TPSA) is 69.6 Å². The number of aryl methyl sites for hydroxylation is 1. The van der Waals surface area contributed by atoms with Crippen LogP contribution < -0.4 is 0 Å². The van der Waals surface area contributed by atoms with Gasteiger partial charge in [0, 0.05) is 12.5 Å².